The summed E-state index contributed by atoms with van der Waals surface area (Å²) in [6.45, 7) is 10.6. The predicted octanol–water partition coefficient (Wildman–Crippen LogP) is 4.76. The van der Waals surface area contributed by atoms with Crippen LogP contribution in [0, 0.1) is 52.3 Å². The molecule has 0 bridgehead atoms. The number of hydrogen-bond donors (Lipinski definition) is 2. The summed E-state index contributed by atoms with van der Waals surface area (Å²) in [5, 5.41) is 21.5. The first-order valence-corrected chi connectivity index (χ1v) is 13.4. The van der Waals surface area contributed by atoms with E-state index in [0.717, 1.165) is 45.1 Å². The number of aliphatic hydroxyl groups is 2. The van der Waals surface area contributed by atoms with E-state index in [0.29, 0.717) is 47.0 Å². The Morgan fingerprint density at radius 1 is 0.806 bits per heavy atom. The molecule has 3 unspecified atom stereocenters. The molecular weight excluding hydrogens is 388 g/mol. The second-order valence-electron chi connectivity index (χ2n) is 13.2. The largest absolute Gasteiger partial charge is 0.393 e. The molecule has 4 saturated carbocycles. The van der Waals surface area contributed by atoms with Crippen molar-refractivity contribution in [2.24, 2.45) is 52.3 Å². The van der Waals surface area contributed by atoms with E-state index in [2.05, 4.69) is 27.7 Å². The van der Waals surface area contributed by atoms with Crippen LogP contribution in [0.2, 0.25) is 0 Å². The van der Waals surface area contributed by atoms with E-state index in [9.17, 15) is 10.2 Å². The number of hydrogen-bond acceptors (Lipinski definition) is 4. The van der Waals surface area contributed by atoms with E-state index in [1.54, 1.807) is 0 Å². The third-order valence-corrected chi connectivity index (χ3v) is 11.9. The summed E-state index contributed by atoms with van der Waals surface area (Å²) < 4.78 is 13.3. The fraction of sp³-hybridized carbons (Fsp3) is 1.00. The SMILES string of the molecule is CC1CC[C@@]2(OC1)O[C@H]1CC3[C@@H]4C[C@@H](O)[C@H]5C[C@@H](O)CC[C@]5(C)C4CC[C@]3(C)[C@H]1[C@@H]2C. The third-order valence-electron chi connectivity index (χ3n) is 11.9. The first-order valence-electron chi connectivity index (χ1n) is 13.4. The molecule has 13 atom stereocenters. The molecule has 0 radical (unpaired) electrons. The lowest BCUT2D eigenvalue weighted by Gasteiger charge is -2.62. The third kappa shape index (κ3) is 2.80. The highest BCUT2D eigenvalue weighted by atomic mass is 16.7. The summed E-state index contributed by atoms with van der Waals surface area (Å²) in [5.74, 6) is 3.58. The van der Waals surface area contributed by atoms with Gasteiger partial charge in [0.15, 0.2) is 5.79 Å². The smallest absolute Gasteiger partial charge is 0.171 e. The van der Waals surface area contributed by atoms with Crippen molar-refractivity contribution in [3.8, 4) is 0 Å². The van der Waals surface area contributed by atoms with Crippen LogP contribution in [0.25, 0.3) is 0 Å². The second-order valence-corrected chi connectivity index (χ2v) is 13.2. The average Bonchev–Trinajstić information content (AvgIpc) is 3.17. The van der Waals surface area contributed by atoms with Gasteiger partial charge in [0, 0.05) is 12.3 Å². The van der Waals surface area contributed by atoms with Crippen molar-refractivity contribution >= 4 is 0 Å². The van der Waals surface area contributed by atoms with Gasteiger partial charge in [-0.15, -0.1) is 0 Å². The zero-order valence-electron chi connectivity index (χ0n) is 20.1. The Hall–Kier alpha value is -0.160. The highest BCUT2D eigenvalue weighted by molar-refractivity contribution is 5.16. The quantitative estimate of drug-likeness (QED) is 0.579. The van der Waals surface area contributed by atoms with Crippen molar-refractivity contribution in [2.75, 3.05) is 6.61 Å². The Bertz CT molecular complexity index is 716. The molecule has 31 heavy (non-hydrogen) atoms. The molecule has 6 fully saturated rings. The van der Waals surface area contributed by atoms with Gasteiger partial charge < -0.3 is 19.7 Å². The first kappa shape index (κ1) is 21.4. The molecule has 6 rings (SSSR count). The molecule has 176 valence electrons. The predicted molar refractivity (Wildman–Crippen MR) is 119 cm³/mol. The van der Waals surface area contributed by atoms with Crippen LogP contribution in [0.3, 0.4) is 0 Å². The summed E-state index contributed by atoms with van der Waals surface area (Å²) in [7, 11) is 0. The molecule has 0 aromatic carbocycles. The Balaban J connectivity index is 1.28. The molecule has 2 aliphatic heterocycles. The molecule has 4 heteroatoms. The standard InChI is InChI=1S/C27H44O4/c1-15-5-10-27(30-14-15)16(2)24-23(31-27)13-20-18-12-22(29)21-11-17(28)6-8-25(21,3)19(18)7-9-26(20,24)4/h15-24,28-29H,5-14H2,1-4H3/t15?,16-,17-,18+,19?,20?,21+,22+,23-,24-,25+,26-,27+/m0/s1. The summed E-state index contributed by atoms with van der Waals surface area (Å²) in [4.78, 5) is 0. The maximum Gasteiger partial charge on any atom is 0.171 e. The van der Waals surface area contributed by atoms with E-state index in [1.165, 1.54) is 19.3 Å². The van der Waals surface area contributed by atoms with Crippen molar-refractivity contribution in [2.45, 2.75) is 110 Å². The lowest BCUT2D eigenvalue weighted by molar-refractivity contribution is -0.273. The van der Waals surface area contributed by atoms with Crippen molar-refractivity contribution < 1.29 is 19.7 Å². The van der Waals surface area contributed by atoms with E-state index >= 15 is 0 Å². The van der Waals surface area contributed by atoms with Crippen LogP contribution in [-0.2, 0) is 9.47 Å². The van der Waals surface area contributed by atoms with Crippen LogP contribution in [0.1, 0.15) is 85.5 Å². The van der Waals surface area contributed by atoms with Crippen LogP contribution in [0.5, 0.6) is 0 Å². The Labute approximate surface area is 188 Å². The van der Waals surface area contributed by atoms with E-state index in [4.69, 9.17) is 9.47 Å². The van der Waals surface area contributed by atoms with Crippen molar-refractivity contribution in [3.63, 3.8) is 0 Å². The van der Waals surface area contributed by atoms with Crippen LogP contribution in [0.15, 0.2) is 0 Å². The van der Waals surface area contributed by atoms with Crippen molar-refractivity contribution in [3.05, 3.63) is 0 Å². The normalized spacial score (nSPS) is 63.3. The first-order chi connectivity index (χ1) is 14.7. The molecular formula is C27H44O4. The summed E-state index contributed by atoms with van der Waals surface area (Å²) in [6.07, 6.45) is 9.58. The number of ether oxygens (including phenoxy) is 2. The van der Waals surface area contributed by atoms with Gasteiger partial charge in [-0.05, 0) is 97.7 Å². The molecule has 4 aliphatic carbocycles. The maximum atomic E-state index is 11.2. The fourth-order valence-electron chi connectivity index (χ4n) is 10.3. The van der Waals surface area contributed by atoms with Gasteiger partial charge in [-0.2, -0.15) is 0 Å². The molecule has 4 nitrogen and oxygen atoms in total. The minimum absolute atomic E-state index is 0.191. The molecule has 2 saturated heterocycles. The van der Waals surface area contributed by atoms with Gasteiger partial charge >= 0.3 is 0 Å². The maximum absolute atomic E-state index is 11.2. The van der Waals surface area contributed by atoms with Crippen LogP contribution < -0.4 is 0 Å². The summed E-state index contributed by atoms with van der Waals surface area (Å²) in [5.41, 5.74) is 0.495. The number of aliphatic hydroxyl groups excluding tert-OH is 2. The van der Waals surface area contributed by atoms with Crippen molar-refractivity contribution in [1.82, 2.24) is 0 Å². The molecule has 1 spiro atoms. The van der Waals surface area contributed by atoms with Gasteiger partial charge in [-0.3, -0.25) is 0 Å². The van der Waals surface area contributed by atoms with E-state index in [1.807, 2.05) is 0 Å². The fourth-order valence-corrected chi connectivity index (χ4v) is 10.3. The molecule has 0 aromatic rings. The monoisotopic (exact) mass is 432 g/mol. The lowest BCUT2D eigenvalue weighted by Crippen LogP contribution is -2.58. The zero-order chi connectivity index (χ0) is 21.8. The van der Waals surface area contributed by atoms with Crippen LogP contribution >= 0.6 is 0 Å². The minimum atomic E-state index is -0.338. The molecule has 0 aromatic heterocycles. The summed E-state index contributed by atoms with van der Waals surface area (Å²) >= 11 is 0. The Morgan fingerprint density at radius 3 is 2.32 bits per heavy atom. The van der Waals surface area contributed by atoms with Gasteiger partial charge in [-0.25, -0.2) is 0 Å². The zero-order valence-corrected chi connectivity index (χ0v) is 20.1. The van der Waals surface area contributed by atoms with Gasteiger partial charge in [0.05, 0.1) is 24.9 Å². The van der Waals surface area contributed by atoms with Crippen LogP contribution in [-0.4, -0.2) is 40.9 Å². The number of fused-ring (bicyclic) bond motifs is 7. The van der Waals surface area contributed by atoms with Crippen LogP contribution in [0.4, 0.5) is 0 Å². The average molecular weight is 433 g/mol. The molecule has 6 aliphatic rings. The number of rotatable bonds is 0. The Morgan fingerprint density at radius 2 is 1.58 bits per heavy atom. The van der Waals surface area contributed by atoms with Gasteiger partial charge in [0.25, 0.3) is 0 Å². The minimum Gasteiger partial charge on any atom is -0.393 e. The van der Waals surface area contributed by atoms with Gasteiger partial charge in [0.2, 0.25) is 0 Å². The van der Waals surface area contributed by atoms with Gasteiger partial charge in [0.1, 0.15) is 0 Å². The topological polar surface area (TPSA) is 58.9 Å². The second kappa shape index (κ2) is 6.93. The van der Waals surface area contributed by atoms with Crippen molar-refractivity contribution in [1.29, 1.82) is 0 Å². The molecule has 0 amide bonds. The highest BCUT2D eigenvalue weighted by Gasteiger charge is 2.69. The van der Waals surface area contributed by atoms with E-state index < -0.39 is 0 Å². The highest BCUT2D eigenvalue weighted by Crippen LogP contribution is 2.71. The molecule has 2 heterocycles. The lowest BCUT2D eigenvalue weighted by atomic mass is 9.43. The molecule has 2 N–H and O–H groups in total. The van der Waals surface area contributed by atoms with E-state index in [-0.39, 0.29) is 29.3 Å². The van der Waals surface area contributed by atoms with Gasteiger partial charge in [-0.1, -0.05) is 27.7 Å². The summed E-state index contributed by atoms with van der Waals surface area (Å²) in [6, 6.07) is 0. The Kier molecular flexibility index (Phi) is 4.78.